The van der Waals surface area contributed by atoms with Gasteiger partial charge in [-0.25, -0.2) is 0 Å². The molecule has 20 heavy (non-hydrogen) atoms. The summed E-state index contributed by atoms with van der Waals surface area (Å²) in [5, 5.41) is 0. The van der Waals surface area contributed by atoms with Crippen molar-refractivity contribution in [2.24, 2.45) is 16.7 Å². The third-order valence-corrected chi connectivity index (χ3v) is 6.02. The monoisotopic (exact) mass is 286 g/mol. The Hall–Kier alpha value is -0.0800. The van der Waals surface area contributed by atoms with Gasteiger partial charge in [0.25, 0.3) is 0 Å². The van der Waals surface area contributed by atoms with Gasteiger partial charge in [0.1, 0.15) is 0 Å². The summed E-state index contributed by atoms with van der Waals surface area (Å²) in [4.78, 5) is 0. The molecule has 0 aliphatic carbocycles. The zero-order valence-corrected chi connectivity index (χ0v) is 15.8. The van der Waals surface area contributed by atoms with E-state index in [0.29, 0.717) is 5.92 Å². The van der Waals surface area contributed by atoms with Crippen molar-refractivity contribution >= 4 is 0 Å². The van der Waals surface area contributed by atoms with E-state index < -0.39 is 0 Å². The molecule has 0 saturated carbocycles. The third kappa shape index (κ3) is 3.98. The molecule has 2 nitrogen and oxygen atoms in total. The van der Waals surface area contributed by atoms with E-state index in [1.54, 1.807) is 7.11 Å². The fourth-order valence-corrected chi connectivity index (χ4v) is 2.57. The number of hydrogen-bond acceptors (Lipinski definition) is 2. The summed E-state index contributed by atoms with van der Waals surface area (Å²) in [6.45, 7) is 22.4. The van der Waals surface area contributed by atoms with Crippen LogP contribution < -0.4 is 0 Å². The van der Waals surface area contributed by atoms with E-state index in [4.69, 9.17) is 9.47 Å². The molecule has 0 aliphatic rings. The molecule has 0 aromatic carbocycles. The van der Waals surface area contributed by atoms with E-state index in [1.807, 2.05) is 0 Å². The van der Waals surface area contributed by atoms with E-state index in [2.05, 4.69) is 69.2 Å². The van der Waals surface area contributed by atoms with E-state index in [-0.39, 0.29) is 28.6 Å². The maximum atomic E-state index is 6.53. The summed E-state index contributed by atoms with van der Waals surface area (Å²) in [6.07, 6.45) is 1.40. The molecule has 0 aromatic rings. The molecule has 0 fully saturated rings. The van der Waals surface area contributed by atoms with Crippen LogP contribution in [-0.4, -0.2) is 24.9 Å². The van der Waals surface area contributed by atoms with Crippen LogP contribution >= 0.6 is 0 Å². The first-order valence-electron chi connectivity index (χ1n) is 8.05. The number of ether oxygens (including phenoxy) is 2. The highest BCUT2D eigenvalue weighted by Gasteiger charge is 2.46. The molecule has 2 unspecified atom stereocenters. The van der Waals surface area contributed by atoms with Gasteiger partial charge in [0, 0.05) is 12.5 Å². The molecule has 2 heteroatoms. The Bertz CT molecular complexity index is 286. The van der Waals surface area contributed by atoms with Crippen molar-refractivity contribution in [3.8, 4) is 0 Å². The van der Waals surface area contributed by atoms with Gasteiger partial charge in [-0.2, -0.15) is 0 Å². The average molecular weight is 286 g/mol. The maximum Gasteiger partial charge on any atom is 0.0705 e. The van der Waals surface area contributed by atoms with Gasteiger partial charge in [0.15, 0.2) is 0 Å². The second-order valence-corrected chi connectivity index (χ2v) is 8.10. The van der Waals surface area contributed by atoms with Crippen LogP contribution in [0, 0.1) is 16.7 Å². The Morgan fingerprint density at radius 2 is 1.35 bits per heavy atom. The summed E-state index contributed by atoms with van der Waals surface area (Å²) < 4.78 is 12.2. The van der Waals surface area contributed by atoms with E-state index in [1.165, 1.54) is 0 Å². The summed E-state index contributed by atoms with van der Waals surface area (Å²) in [5.74, 6) is 0.584. The number of rotatable bonds is 8. The molecule has 2 atom stereocenters. The van der Waals surface area contributed by atoms with Crippen LogP contribution in [0.25, 0.3) is 0 Å². The Labute approximate surface area is 127 Å². The van der Waals surface area contributed by atoms with E-state index in [9.17, 15) is 0 Å². The highest BCUT2D eigenvalue weighted by molar-refractivity contribution is 4.95. The lowest BCUT2D eigenvalue weighted by atomic mass is 9.70. The Kier molecular flexibility index (Phi) is 6.76. The Balaban J connectivity index is 5.16. The fourth-order valence-electron chi connectivity index (χ4n) is 2.57. The summed E-state index contributed by atoms with van der Waals surface area (Å²) in [6, 6.07) is 0. The van der Waals surface area contributed by atoms with Gasteiger partial charge in [0.05, 0.1) is 17.8 Å². The second kappa shape index (κ2) is 6.79. The second-order valence-electron chi connectivity index (χ2n) is 8.10. The molecule has 0 N–H and O–H groups in total. The molecular formula is C18H38O2. The number of hydrogen-bond donors (Lipinski definition) is 0. The quantitative estimate of drug-likeness (QED) is 0.602. The molecule has 0 heterocycles. The van der Waals surface area contributed by atoms with Gasteiger partial charge in [0.2, 0.25) is 0 Å². The molecule has 0 saturated heterocycles. The summed E-state index contributed by atoms with van der Waals surface area (Å²) >= 11 is 0. The Morgan fingerprint density at radius 1 is 0.900 bits per heavy atom. The zero-order chi connectivity index (χ0) is 16.4. The molecule has 0 bridgehead atoms. The lowest BCUT2D eigenvalue weighted by Gasteiger charge is -2.49. The van der Waals surface area contributed by atoms with Gasteiger partial charge in [-0.1, -0.05) is 48.5 Å². The Morgan fingerprint density at radius 3 is 1.65 bits per heavy atom. The zero-order valence-electron chi connectivity index (χ0n) is 15.8. The van der Waals surface area contributed by atoms with Crippen LogP contribution in [-0.2, 0) is 9.47 Å². The molecular weight excluding hydrogens is 248 g/mol. The van der Waals surface area contributed by atoms with E-state index >= 15 is 0 Å². The molecule has 0 spiro atoms. The molecule has 122 valence electrons. The first kappa shape index (κ1) is 19.9. The van der Waals surface area contributed by atoms with Gasteiger partial charge < -0.3 is 9.47 Å². The van der Waals surface area contributed by atoms with Crippen LogP contribution in [0.5, 0.6) is 0 Å². The first-order chi connectivity index (χ1) is 8.84. The highest BCUT2D eigenvalue weighted by atomic mass is 16.5. The highest BCUT2D eigenvalue weighted by Crippen LogP contribution is 2.43. The summed E-state index contributed by atoms with van der Waals surface area (Å²) in [7, 11) is 1.80. The molecule has 0 aliphatic heterocycles. The minimum absolute atomic E-state index is 0.0438. The molecule has 0 amide bonds. The van der Waals surface area contributed by atoms with Crippen molar-refractivity contribution in [2.75, 3.05) is 7.11 Å². The molecule has 0 radical (unpaired) electrons. The van der Waals surface area contributed by atoms with Crippen molar-refractivity contribution < 1.29 is 9.47 Å². The van der Waals surface area contributed by atoms with Crippen LogP contribution in [0.1, 0.15) is 75.7 Å². The van der Waals surface area contributed by atoms with E-state index in [0.717, 1.165) is 6.42 Å². The standard InChI is InChI=1S/C18H38O2/c1-12-15(19-11)17(7,8)18(9,10)20-14(4)16(5,6)13(2)3/h13-15H,12H2,1-11H3. The van der Waals surface area contributed by atoms with Gasteiger partial charge in [-0.05, 0) is 38.5 Å². The maximum absolute atomic E-state index is 6.53. The topological polar surface area (TPSA) is 18.5 Å². The third-order valence-electron chi connectivity index (χ3n) is 6.02. The SMILES string of the molecule is CCC(OC)C(C)(C)C(C)(C)OC(C)C(C)(C)C(C)C. The predicted molar refractivity (Wildman–Crippen MR) is 88.1 cm³/mol. The normalized spacial score (nSPS) is 17.4. The van der Waals surface area contributed by atoms with Crippen molar-refractivity contribution in [2.45, 2.75) is 93.5 Å². The fraction of sp³-hybridized carbons (Fsp3) is 1.00. The lowest BCUT2D eigenvalue weighted by Crippen LogP contribution is -2.53. The molecule has 0 aromatic heterocycles. The van der Waals surface area contributed by atoms with Crippen molar-refractivity contribution in [1.82, 2.24) is 0 Å². The predicted octanol–water partition coefficient (Wildman–Crippen LogP) is 5.30. The minimum Gasteiger partial charge on any atom is -0.381 e. The van der Waals surface area contributed by atoms with Crippen LogP contribution in [0.4, 0.5) is 0 Å². The van der Waals surface area contributed by atoms with Crippen LogP contribution in [0.2, 0.25) is 0 Å². The smallest absolute Gasteiger partial charge is 0.0705 e. The lowest BCUT2D eigenvalue weighted by molar-refractivity contribution is -0.198. The van der Waals surface area contributed by atoms with Crippen LogP contribution in [0.15, 0.2) is 0 Å². The molecule has 0 rings (SSSR count). The van der Waals surface area contributed by atoms with Gasteiger partial charge >= 0.3 is 0 Å². The van der Waals surface area contributed by atoms with Crippen molar-refractivity contribution in [1.29, 1.82) is 0 Å². The van der Waals surface area contributed by atoms with Gasteiger partial charge in [-0.3, -0.25) is 0 Å². The van der Waals surface area contributed by atoms with Crippen LogP contribution in [0.3, 0.4) is 0 Å². The average Bonchev–Trinajstić information content (AvgIpc) is 2.28. The van der Waals surface area contributed by atoms with Gasteiger partial charge in [-0.15, -0.1) is 0 Å². The summed E-state index contributed by atoms with van der Waals surface area (Å²) in [5.41, 5.74) is -0.130. The van der Waals surface area contributed by atoms with Crippen molar-refractivity contribution in [3.05, 3.63) is 0 Å². The minimum atomic E-state index is -0.241. The largest absolute Gasteiger partial charge is 0.381 e. The number of methoxy groups -OCH3 is 1. The first-order valence-corrected chi connectivity index (χ1v) is 8.05. The van der Waals surface area contributed by atoms with Crippen molar-refractivity contribution in [3.63, 3.8) is 0 Å².